The van der Waals surface area contributed by atoms with Crippen molar-refractivity contribution in [3.8, 4) is 11.1 Å². The van der Waals surface area contributed by atoms with E-state index in [1.807, 2.05) is 0 Å². The minimum Gasteiger partial charge on any atom is -0.396 e. The van der Waals surface area contributed by atoms with Crippen LogP contribution in [0.1, 0.15) is 23.9 Å². The molecule has 0 spiro atoms. The summed E-state index contributed by atoms with van der Waals surface area (Å²) in [5.41, 5.74) is -3.16. The number of rotatable bonds is 6. The summed E-state index contributed by atoms with van der Waals surface area (Å²) < 4.78 is 46.4. The number of halogens is 3. The van der Waals surface area contributed by atoms with E-state index >= 15 is 0 Å². The molecule has 4 rings (SSSR count). The van der Waals surface area contributed by atoms with Crippen molar-refractivity contribution in [1.82, 2.24) is 14.1 Å². The lowest BCUT2D eigenvalue weighted by molar-refractivity contribution is -0.137. The van der Waals surface area contributed by atoms with Crippen LogP contribution in [-0.4, -0.2) is 54.4 Å². The number of benzene rings is 1. The second-order valence-corrected chi connectivity index (χ2v) is 8.27. The first kappa shape index (κ1) is 24.8. The van der Waals surface area contributed by atoms with Crippen molar-refractivity contribution in [2.45, 2.75) is 37.1 Å². The molecule has 9 nitrogen and oxygen atoms in total. The maximum atomic E-state index is 13.1. The topological polar surface area (TPSA) is 127 Å². The smallest absolute Gasteiger partial charge is 0.396 e. The van der Waals surface area contributed by atoms with Crippen LogP contribution in [0.4, 0.5) is 13.2 Å². The van der Waals surface area contributed by atoms with E-state index in [2.05, 4.69) is 4.98 Å². The zero-order valence-electron chi connectivity index (χ0n) is 18.2. The number of nitrogens with zero attached hydrogens (tertiary/aromatic N) is 3. The van der Waals surface area contributed by atoms with Crippen LogP contribution in [0.3, 0.4) is 0 Å². The Balaban J connectivity index is 1.65. The van der Waals surface area contributed by atoms with Crippen LogP contribution in [0, 0.1) is 0 Å². The number of aliphatic hydroxyl groups is 3. The molecule has 0 amide bonds. The Hall–Kier alpha value is -3.32. The molecule has 2 unspecified atom stereocenters. The van der Waals surface area contributed by atoms with Crippen molar-refractivity contribution in [2.24, 2.45) is 0 Å². The number of pyridine rings is 1. The van der Waals surface area contributed by atoms with E-state index in [-0.39, 0.29) is 30.8 Å². The SMILES string of the molecule is O=c1ccn([C@@H]2OCC(O)(CCO)C2O)c(=O)n1Cc1cc(-c2cccc(C(F)(F)F)c2)ccn1. The van der Waals surface area contributed by atoms with Gasteiger partial charge >= 0.3 is 11.9 Å². The van der Waals surface area contributed by atoms with Crippen LogP contribution in [0.2, 0.25) is 0 Å². The zero-order valence-corrected chi connectivity index (χ0v) is 18.2. The lowest BCUT2D eigenvalue weighted by atomic mass is 9.95. The van der Waals surface area contributed by atoms with Gasteiger partial charge in [-0.3, -0.25) is 18.9 Å². The minimum absolute atomic E-state index is 0.175. The third-order valence-electron chi connectivity index (χ3n) is 5.90. The zero-order chi connectivity index (χ0) is 25.4. The molecule has 186 valence electrons. The summed E-state index contributed by atoms with van der Waals surface area (Å²) in [5, 5.41) is 30.1. The number of aromatic nitrogens is 3. The lowest BCUT2D eigenvalue weighted by Crippen LogP contribution is -2.47. The summed E-state index contributed by atoms with van der Waals surface area (Å²) in [6.45, 7) is -1.04. The third-order valence-corrected chi connectivity index (χ3v) is 5.90. The second kappa shape index (κ2) is 9.38. The average Bonchev–Trinajstić information content (AvgIpc) is 3.11. The largest absolute Gasteiger partial charge is 0.416 e. The maximum absolute atomic E-state index is 13.1. The standard InChI is InChI=1S/C23H22F3N3O6/c24-23(25,26)16-3-1-2-14(10-16)15-4-7-27-17(11-15)12-29-18(31)5-8-28(21(29)33)20-19(32)22(34,6-9-30)13-35-20/h1-5,7-8,10-11,19-20,30,32,34H,6,9,12-13H2/t19?,20-,22?/m1/s1. The molecule has 3 N–H and O–H groups in total. The van der Waals surface area contributed by atoms with Gasteiger partial charge in [0, 0.05) is 31.5 Å². The first-order chi connectivity index (χ1) is 16.5. The molecule has 35 heavy (non-hydrogen) atoms. The van der Waals surface area contributed by atoms with Crippen molar-refractivity contribution >= 4 is 0 Å². The average molecular weight is 493 g/mol. The van der Waals surface area contributed by atoms with Crippen LogP contribution in [0.15, 0.2) is 64.4 Å². The molecule has 0 aliphatic carbocycles. The Kier molecular flexibility index (Phi) is 6.64. The highest BCUT2D eigenvalue weighted by Crippen LogP contribution is 2.34. The summed E-state index contributed by atoms with van der Waals surface area (Å²) in [6, 6.07) is 8.80. The van der Waals surface area contributed by atoms with E-state index in [1.54, 1.807) is 0 Å². The van der Waals surface area contributed by atoms with E-state index < -0.39 is 47.5 Å². The van der Waals surface area contributed by atoms with Crippen LogP contribution >= 0.6 is 0 Å². The molecule has 1 aromatic carbocycles. The third kappa shape index (κ3) is 4.91. The molecule has 1 aliphatic rings. The fourth-order valence-electron chi connectivity index (χ4n) is 3.97. The minimum atomic E-state index is -4.51. The molecule has 2 aromatic heterocycles. The summed E-state index contributed by atoms with van der Waals surface area (Å²) in [7, 11) is 0. The molecule has 3 atom stereocenters. The van der Waals surface area contributed by atoms with Gasteiger partial charge in [-0.15, -0.1) is 0 Å². The van der Waals surface area contributed by atoms with Crippen molar-refractivity contribution in [1.29, 1.82) is 0 Å². The van der Waals surface area contributed by atoms with Gasteiger partial charge in [-0.1, -0.05) is 12.1 Å². The number of alkyl halides is 3. The van der Waals surface area contributed by atoms with Gasteiger partial charge in [0.2, 0.25) is 0 Å². The van der Waals surface area contributed by atoms with Gasteiger partial charge in [0.1, 0.15) is 11.7 Å². The molecule has 12 heteroatoms. The molecule has 1 fully saturated rings. The lowest BCUT2D eigenvalue weighted by Gasteiger charge is -2.26. The predicted molar refractivity (Wildman–Crippen MR) is 116 cm³/mol. The van der Waals surface area contributed by atoms with Crippen molar-refractivity contribution in [2.75, 3.05) is 13.2 Å². The van der Waals surface area contributed by atoms with Gasteiger partial charge in [0.25, 0.3) is 5.56 Å². The Morgan fingerprint density at radius 3 is 2.60 bits per heavy atom. The number of hydrogen-bond donors (Lipinski definition) is 3. The summed E-state index contributed by atoms with van der Waals surface area (Å²) in [5.74, 6) is 0. The van der Waals surface area contributed by atoms with Crippen LogP contribution < -0.4 is 11.2 Å². The van der Waals surface area contributed by atoms with E-state index in [9.17, 15) is 33.0 Å². The maximum Gasteiger partial charge on any atom is 0.416 e. The molecule has 0 bridgehead atoms. The number of aliphatic hydroxyl groups excluding tert-OH is 2. The Bertz CT molecular complexity index is 1340. The second-order valence-electron chi connectivity index (χ2n) is 8.27. The Labute approximate surface area is 196 Å². The molecule has 1 saturated heterocycles. The van der Waals surface area contributed by atoms with Crippen LogP contribution in [0.5, 0.6) is 0 Å². The van der Waals surface area contributed by atoms with Crippen molar-refractivity contribution < 1.29 is 33.2 Å². The van der Waals surface area contributed by atoms with Gasteiger partial charge in [-0.25, -0.2) is 4.79 Å². The Morgan fingerprint density at radius 2 is 1.89 bits per heavy atom. The van der Waals surface area contributed by atoms with Crippen LogP contribution in [-0.2, 0) is 17.5 Å². The highest BCUT2D eigenvalue weighted by molar-refractivity contribution is 5.64. The van der Waals surface area contributed by atoms with E-state index in [1.165, 1.54) is 30.5 Å². The van der Waals surface area contributed by atoms with E-state index in [0.29, 0.717) is 5.56 Å². The molecular formula is C23H22F3N3O6. The van der Waals surface area contributed by atoms with Gasteiger partial charge in [-0.2, -0.15) is 13.2 Å². The fraction of sp³-hybridized carbons (Fsp3) is 0.348. The highest BCUT2D eigenvalue weighted by Gasteiger charge is 2.48. The molecule has 0 radical (unpaired) electrons. The molecule has 3 aromatic rings. The number of ether oxygens (including phenoxy) is 1. The first-order valence-electron chi connectivity index (χ1n) is 10.6. The molecule has 1 aliphatic heterocycles. The van der Waals surface area contributed by atoms with E-state index in [0.717, 1.165) is 33.5 Å². The van der Waals surface area contributed by atoms with E-state index in [4.69, 9.17) is 9.84 Å². The fourth-order valence-corrected chi connectivity index (χ4v) is 3.97. The first-order valence-corrected chi connectivity index (χ1v) is 10.6. The summed E-state index contributed by atoms with van der Waals surface area (Å²) in [6.07, 6.45) is -5.03. The van der Waals surface area contributed by atoms with Gasteiger partial charge in [0.05, 0.1) is 24.4 Å². The van der Waals surface area contributed by atoms with Gasteiger partial charge in [0.15, 0.2) is 6.23 Å². The highest BCUT2D eigenvalue weighted by atomic mass is 19.4. The molecule has 0 saturated carbocycles. The van der Waals surface area contributed by atoms with Gasteiger partial charge in [-0.05, 0) is 35.4 Å². The van der Waals surface area contributed by atoms with Crippen LogP contribution in [0.25, 0.3) is 11.1 Å². The van der Waals surface area contributed by atoms with Gasteiger partial charge < -0.3 is 20.1 Å². The monoisotopic (exact) mass is 493 g/mol. The Morgan fingerprint density at radius 1 is 1.14 bits per heavy atom. The normalized spacial score (nSPS) is 22.5. The predicted octanol–water partition coefficient (Wildman–Crippen LogP) is 1.14. The van der Waals surface area contributed by atoms with Crippen molar-refractivity contribution in [3.63, 3.8) is 0 Å². The molecular weight excluding hydrogens is 471 g/mol. The molecule has 3 heterocycles. The summed E-state index contributed by atoms with van der Waals surface area (Å²) in [4.78, 5) is 29.6. The van der Waals surface area contributed by atoms with Crippen molar-refractivity contribution in [3.05, 3.63) is 87.0 Å². The quantitative estimate of drug-likeness (QED) is 0.470. The number of hydrogen-bond acceptors (Lipinski definition) is 7. The summed E-state index contributed by atoms with van der Waals surface area (Å²) >= 11 is 0.